The zero-order valence-electron chi connectivity index (χ0n) is 12.1. The Bertz CT molecular complexity index is 655. The first-order valence-electron chi connectivity index (χ1n) is 6.47. The minimum absolute atomic E-state index is 0.607. The first kappa shape index (κ1) is 17.5. The molecule has 7 heteroatoms. The molecule has 2 aromatic rings. The van der Waals surface area contributed by atoms with E-state index in [2.05, 4.69) is 21.2 Å². The Morgan fingerprint density at radius 3 is 2.09 bits per heavy atom. The van der Waals surface area contributed by atoms with Crippen LogP contribution in [0.2, 0.25) is 5.02 Å². The van der Waals surface area contributed by atoms with Crippen LogP contribution in [0.5, 0.6) is 0 Å². The van der Waals surface area contributed by atoms with Crippen molar-refractivity contribution in [3.63, 3.8) is 0 Å². The predicted molar refractivity (Wildman–Crippen MR) is 93.6 cm³/mol. The van der Waals surface area contributed by atoms with E-state index >= 15 is 0 Å². The van der Waals surface area contributed by atoms with Crippen LogP contribution in [0.4, 0.5) is 5.69 Å². The molecule has 0 spiro atoms. The fourth-order valence-corrected chi connectivity index (χ4v) is 3.78. The summed E-state index contributed by atoms with van der Waals surface area (Å²) in [5.41, 5.74) is 1.57. The van der Waals surface area contributed by atoms with Crippen molar-refractivity contribution >= 4 is 40.8 Å². The van der Waals surface area contributed by atoms with Crippen molar-refractivity contribution in [3.8, 4) is 0 Å². The van der Waals surface area contributed by atoms with E-state index in [1.165, 1.54) is 14.2 Å². The maximum absolute atomic E-state index is 12.9. The Morgan fingerprint density at radius 1 is 1.05 bits per heavy atom. The van der Waals surface area contributed by atoms with E-state index in [-0.39, 0.29) is 0 Å². The van der Waals surface area contributed by atoms with Gasteiger partial charge in [0, 0.05) is 29.4 Å². The monoisotopic (exact) mass is 403 g/mol. The topological polar surface area (TPSA) is 47.6 Å². The number of hydrogen-bond acceptors (Lipinski definition) is 4. The highest BCUT2D eigenvalue weighted by molar-refractivity contribution is 9.10. The third-order valence-electron chi connectivity index (χ3n) is 3.16. The summed E-state index contributed by atoms with van der Waals surface area (Å²) in [6.07, 6.45) is 0. The van der Waals surface area contributed by atoms with Crippen molar-refractivity contribution in [2.45, 2.75) is 5.78 Å². The summed E-state index contributed by atoms with van der Waals surface area (Å²) in [5.74, 6) is -0.638. The van der Waals surface area contributed by atoms with Crippen LogP contribution in [-0.4, -0.2) is 14.2 Å². The second kappa shape index (κ2) is 7.62. The molecule has 2 rings (SSSR count). The molecule has 0 aromatic heterocycles. The normalized spacial score (nSPS) is 12.9. The summed E-state index contributed by atoms with van der Waals surface area (Å²) < 4.78 is 24.1. The highest BCUT2D eigenvalue weighted by Gasteiger charge is 2.35. The number of rotatable bonds is 6. The lowest BCUT2D eigenvalue weighted by Crippen LogP contribution is -2.13. The summed E-state index contributed by atoms with van der Waals surface area (Å²) in [7, 11) is -0.629. The number of benzene rings is 2. The van der Waals surface area contributed by atoms with E-state index in [0.29, 0.717) is 5.02 Å². The quantitative estimate of drug-likeness (QED) is 0.628. The van der Waals surface area contributed by atoms with Crippen molar-refractivity contribution in [2.24, 2.45) is 0 Å². The smallest absolute Gasteiger partial charge is 0.356 e. The predicted octanol–water partition coefficient (Wildman–Crippen LogP) is 5.70. The molecule has 118 valence electrons. The van der Waals surface area contributed by atoms with Crippen LogP contribution in [-0.2, 0) is 13.6 Å². The lowest BCUT2D eigenvalue weighted by molar-refractivity contribution is 0.268. The van der Waals surface area contributed by atoms with Crippen LogP contribution in [0.15, 0.2) is 53.0 Å². The van der Waals surface area contributed by atoms with E-state index in [0.717, 1.165) is 15.7 Å². The summed E-state index contributed by atoms with van der Waals surface area (Å²) in [4.78, 5) is 0. The lowest BCUT2D eigenvalue weighted by atomic mass is 10.2. The van der Waals surface area contributed by atoms with Crippen molar-refractivity contribution in [2.75, 3.05) is 19.5 Å². The van der Waals surface area contributed by atoms with Gasteiger partial charge < -0.3 is 14.4 Å². The molecule has 0 amide bonds. The molecule has 0 aliphatic rings. The first-order chi connectivity index (χ1) is 10.5. The molecule has 0 unspecified atom stereocenters. The largest absolute Gasteiger partial charge is 0.368 e. The van der Waals surface area contributed by atoms with Gasteiger partial charge in [-0.3, -0.25) is 4.57 Å². The first-order valence-corrected chi connectivity index (χ1v) is 9.25. The van der Waals surface area contributed by atoms with Gasteiger partial charge in [-0.25, -0.2) is 0 Å². The van der Waals surface area contributed by atoms with E-state index < -0.39 is 13.4 Å². The van der Waals surface area contributed by atoms with Crippen LogP contribution in [0.3, 0.4) is 0 Å². The van der Waals surface area contributed by atoms with E-state index in [1.807, 2.05) is 24.3 Å². The third-order valence-corrected chi connectivity index (χ3v) is 6.02. The third kappa shape index (κ3) is 4.12. The minimum Gasteiger partial charge on any atom is -0.368 e. The van der Waals surface area contributed by atoms with Gasteiger partial charge in [-0.15, -0.1) is 0 Å². The molecule has 0 saturated heterocycles. The number of halogens is 2. The molecule has 0 radical (unpaired) electrons. The standard InChI is InChI=1S/C15H16BrClNO3P/c1-20-22(19,21-2)15(11-3-7-13(17)8-4-11)18-14-9-5-12(16)6-10-14/h3-10,15,18H,1-2H3/t15-/m0/s1. The van der Waals surface area contributed by atoms with E-state index in [9.17, 15) is 4.57 Å². The molecule has 1 N–H and O–H groups in total. The summed E-state index contributed by atoms with van der Waals surface area (Å²) >= 11 is 9.30. The number of nitrogens with one attached hydrogen (secondary N) is 1. The SMILES string of the molecule is COP(=O)(OC)[C@H](Nc1ccc(Br)cc1)c1ccc(Cl)cc1. The molecule has 0 heterocycles. The van der Waals surface area contributed by atoms with Gasteiger partial charge in [0.05, 0.1) is 0 Å². The molecule has 0 aliphatic carbocycles. The molecule has 4 nitrogen and oxygen atoms in total. The van der Waals surface area contributed by atoms with Crippen LogP contribution >= 0.6 is 35.1 Å². The maximum atomic E-state index is 12.9. The highest BCUT2D eigenvalue weighted by Crippen LogP contribution is 2.59. The Balaban J connectivity index is 2.39. The van der Waals surface area contributed by atoms with Crippen LogP contribution in [0, 0.1) is 0 Å². The molecule has 1 atom stereocenters. The zero-order valence-corrected chi connectivity index (χ0v) is 15.4. The second-order valence-electron chi connectivity index (χ2n) is 4.51. The average molecular weight is 405 g/mol. The van der Waals surface area contributed by atoms with Gasteiger partial charge >= 0.3 is 7.60 Å². The number of anilines is 1. The van der Waals surface area contributed by atoms with Crippen LogP contribution < -0.4 is 5.32 Å². The molecular weight excluding hydrogens is 389 g/mol. The highest BCUT2D eigenvalue weighted by atomic mass is 79.9. The van der Waals surface area contributed by atoms with Crippen molar-refractivity contribution < 1.29 is 13.6 Å². The van der Waals surface area contributed by atoms with Gasteiger partial charge in [-0.1, -0.05) is 39.7 Å². The Kier molecular flexibility index (Phi) is 6.07. The van der Waals surface area contributed by atoms with Crippen molar-refractivity contribution in [1.82, 2.24) is 0 Å². The van der Waals surface area contributed by atoms with Gasteiger partial charge in [0.15, 0.2) is 5.78 Å². The van der Waals surface area contributed by atoms with Gasteiger partial charge in [-0.2, -0.15) is 0 Å². The fourth-order valence-electron chi connectivity index (χ4n) is 1.98. The van der Waals surface area contributed by atoms with E-state index in [4.69, 9.17) is 20.6 Å². The lowest BCUT2D eigenvalue weighted by Gasteiger charge is -2.26. The maximum Gasteiger partial charge on any atom is 0.356 e. The van der Waals surface area contributed by atoms with Gasteiger partial charge in [0.2, 0.25) is 0 Å². The van der Waals surface area contributed by atoms with Crippen molar-refractivity contribution in [3.05, 3.63) is 63.6 Å². The fraction of sp³-hybridized carbons (Fsp3) is 0.200. The summed E-state index contributed by atoms with van der Waals surface area (Å²) in [6, 6.07) is 14.6. The van der Waals surface area contributed by atoms with Crippen LogP contribution in [0.25, 0.3) is 0 Å². The molecule has 0 bridgehead atoms. The van der Waals surface area contributed by atoms with Gasteiger partial charge in [0.25, 0.3) is 0 Å². The molecule has 22 heavy (non-hydrogen) atoms. The zero-order chi connectivity index (χ0) is 16.2. The Morgan fingerprint density at radius 2 is 1.59 bits per heavy atom. The molecular formula is C15H16BrClNO3P. The summed E-state index contributed by atoms with van der Waals surface area (Å²) in [6.45, 7) is 0. The molecule has 0 aliphatic heterocycles. The Labute approximate surface area is 143 Å². The van der Waals surface area contributed by atoms with Gasteiger partial charge in [-0.05, 0) is 42.0 Å². The second-order valence-corrected chi connectivity index (χ2v) is 8.19. The van der Waals surface area contributed by atoms with Crippen LogP contribution in [0.1, 0.15) is 11.3 Å². The van der Waals surface area contributed by atoms with Crippen molar-refractivity contribution in [1.29, 1.82) is 0 Å². The average Bonchev–Trinajstić information content (AvgIpc) is 2.54. The molecule has 2 aromatic carbocycles. The Hall–Kier alpha value is -0.840. The summed E-state index contributed by atoms with van der Waals surface area (Å²) in [5, 5.41) is 3.81. The molecule has 0 saturated carbocycles. The molecule has 0 fully saturated rings. The minimum atomic E-state index is -3.37. The number of hydrogen-bond donors (Lipinski definition) is 1. The van der Waals surface area contributed by atoms with E-state index in [1.54, 1.807) is 24.3 Å². The van der Waals surface area contributed by atoms with Gasteiger partial charge in [0.1, 0.15) is 0 Å².